The topological polar surface area (TPSA) is 12.0 Å². The van der Waals surface area contributed by atoms with Gasteiger partial charge in [0.15, 0.2) is 0 Å². The van der Waals surface area contributed by atoms with Crippen LogP contribution < -0.4 is 5.32 Å². The van der Waals surface area contributed by atoms with E-state index in [4.69, 9.17) is 0 Å². The lowest BCUT2D eigenvalue weighted by atomic mass is 9.86. The number of anilines is 1. The molecule has 0 heterocycles. The molecule has 0 aliphatic heterocycles. The summed E-state index contributed by atoms with van der Waals surface area (Å²) in [5.74, 6) is 1.01. The molecule has 1 aliphatic carbocycles. The Balaban J connectivity index is 2.00. The van der Waals surface area contributed by atoms with Gasteiger partial charge >= 0.3 is 0 Å². The molecule has 1 nitrogen and oxygen atoms in total. The third-order valence-electron chi connectivity index (χ3n) is 3.30. The molecule has 1 saturated carbocycles. The van der Waals surface area contributed by atoms with Gasteiger partial charge in [0.2, 0.25) is 0 Å². The molecule has 1 heteroatoms. The first-order valence-electron chi connectivity index (χ1n) is 6.41. The molecular formula is C15H23N. The summed E-state index contributed by atoms with van der Waals surface area (Å²) in [5, 5.41) is 3.59. The van der Waals surface area contributed by atoms with Gasteiger partial charge in [0, 0.05) is 12.2 Å². The van der Waals surface area contributed by atoms with Gasteiger partial charge in [-0.05, 0) is 29.4 Å². The molecule has 0 atom stereocenters. The molecule has 1 N–H and O–H groups in total. The second kappa shape index (κ2) is 4.48. The lowest BCUT2D eigenvalue weighted by molar-refractivity contribution is 0.591. The second-order valence-electron chi connectivity index (χ2n) is 5.95. The Morgan fingerprint density at radius 2 is 1.88 bits per heavy atom. The van der Waals surface area contributed by atoms with E-state index in [0.717, 1.165) is 12.5 Å². The summed E-state index contributed by atoms with van der Waals surface area (Å²) < 4.78 is 0. The fourth-order valence-corrected chi connectivity index (χ4v) is 2.11. The normalized spacial score (nSPS) is 16.2. The number of nitrogens with one attached hydrogen (secondary N) is 1. The Bertz CT molecular complexity index is 345. The molecule has 1 aliphatic rings. The van der Waals surface area contributed by atoms with Crippen molar-refractivity contribution in [1.29, 1.82) is 0 Å². The van der Waals surface area contributed by atoms with Gasteiger partial charge in [-0.25, -0.2) is 0 Å². The zero-order valence-corrected chi connectivity index (χ0v) is 10.7. The number of hydrogen-bond acceptors (Lipinski definition) is 1. The minimum Gasteiger partial charge on any atom is -0.385 e. The monoisotopic (exact) mass is 217 g/mol. The van der Waals surface area contributed by atoms with Crippen molar-refractivity contribution in [2.24, 2.45) is 5.92 Å². The molecule has 16 heavy (non-hydrogen) atoms. The third-order valence-corrected chi connectivity index (χ3v) is 3.30. The average molecular weight is 217 g/mol. The summed E-state index contributed by atoms with van der Waals surface area (Å²) in [6.07, 6.45) is 4.23. The van der Waals surface area contributed by atoms with Gasteiger partial charge in [0.05, 0.1) is 0 Å². The lowest BCUT2D eigenvalue weighted by Crippen LogP contribution is -2.15. The van der Waals surface area contributed by atoms with E-state index in [1.54, 1.807) is 0 Å². The van der Waals surface area contributed by atoms with Crippen LogP contribution in [0.5, 0.6) is 0 Å². The van der Waals surface area contributed by atoms with Gasteiger partial charge in [-0.3, -0.25) is 0 Å². The fourth-order valence-electron chi connectivity index (χ4n) is 2.11. The summed E-state index contributed by atoms with van der Waals surface area (Å²) in [5.41, 5.74) is 2.96. The maximum absolute atomic E-state index is 3.59. The zero-order valence-electron chi connectivity index (χ0n) is 10.7. The number of para-hydroxylation sites is 1. The van der Waals surface area contributed by atoms with Crippen molar-refractivity contribution in [1.82, 2.24) is 0 Å². The summed E-state index contributed by atoms with van der Waals surface area (Å²) in [6, 6.07) is 8.69. The highest BCUT2D eigenvalue weighted by Gasteiger charge is 2.21. The van der Waals surface area contributed by atoms with Crippen molar-refractivity contribution in [3.05, 3.63) is 29.8 Å². The van der Waals surface area contributed by atoms with E-state index >= 15 is 0 Å². The van der Waals surface area contributed by atoms with Crippen molar-refractivity contribution >= 4 is 5.69 Å². The van der Waals surface area contributed by atoms with Crippen molar-refractivity contribution in [2.75, 3.05) is 11.9 Å². The van der Waals surface area contributed by atoms with Crippen LogP contribution in [-0.4, -0.2) is 6.54 Å². The van der Waals surface area contributed by atoms with E-state index < -0.39 is 0 Å². The first-order chi connectivity index (χ1) is 7.57. The molecule has 0 radical (unpaired) electrons. The van der Waals surface area contributed by atoms with Crippen LogP contribution in [0.4, 0.5) is 5.69 Å². The Hall–Kier alpha value is -0.980. The first-order valence-corrected chi connectivity index (χ1v) is 6.41. The minimum atomic E-state index is 0.225. The summed E-state index contributed by atoms with van der Waals surface area (Å²) >= 11 is 0. The Kier molecular flexibility index (Phi) is 3.22. The standard InChI is InChI=1S/C15H23N/c1-15(2,3)13-6-4-5-7-14(13)16-11-10-12-8-9-12/h4-7,12,16H,8-11H2,1-3H3. The number of benzene rings is 1. The van der Waals surface area contributed by atoms with Gasteiger partial charge in [0.1, 0.15) is 0 Å². The smallest absolute Gasteiger partial charge is 0.0378 e. The van der Waals surface area contributed by atoms with Crippen molar-refractivity contribution in [3.8, 4) is 0 Å². The maximum Gasteiger partial charge on any atom is 0.0378 e. The largest absolute Gasteiger partial charge is 0.385 e. The van der Waals surface area contributed by atoms with Gasteiger partial charge < -0.3 is 5.32 Å². The highest BCUT2D eigenvalue weighted by Crippen LogP contribution is 2.33. The molecular weight excluding hydrogens is 194 g/mol. The fraction of sp³-hybridized carbons (Fsp3) is 0.600. The second-order valence-corrected chi connectivity index (χ2v) is 5.95. The number of hydrogen-bond donors (Lipinski definition) is 1. The van der Waals surface area contributed by atoms with Gasteiger partial charge in [-0.1, -0.05) is 51.8 Å². The van der Waals surface area contributed by atoms with Crippen LogP contribution in [0.3, 0.4) is 0 Å². The summed E-state index contributed by atoms with van der Waals surface area (Å²) in [7, 11) is 0. The van der Waals surface area contributed by atoms with Crippen LogP contribution in [0.25, 0.3) is 0 Å². The molecule has 0 spiro atoms. The SMILES string of the molecule is CC(C)(C)c1ccccc1NCCC1CC1. The molecule has 0 aromatic heterocycles. The van der Waals surface area contributed by atoms with E-state index in [2.05, 4.69) is 50.4 Å². The maximum atomic E-state index is 3.59. The van der Waals surface area contributed by atoms with Crippen LogP contribution in [0.1, 0.15) is 45.6 Å². The van der Waals surface area contributed by atoms with Gasteiger partial charge in [-0.2, -0.15) is 0 Å². The van der Waals surface area contributed by atoms with Crippen LogP contribution in [0.2, 0.25) is 0 Å². The summed E-state index contributed by atoms with van der Waals surface area (Å²) in [4.78, 5) is 0. The Labute approximate surface area is 99.3 Å². The van der Waals surface area contributed by atoms with E-state index in [-0.39, 0.29) is 5.41 Å². The molecule has 0 saturated heterocycles. The Morgan fingerprint density at radius 1 is 1.19 bits per heavy atom. The third kappa shape index (κ3) is 3.01. The quantitative estimate of drug-likeness (QED) is 0.797. The highest BCUT2D eigenvalue weighted by atomic mass is 14.9. The molecule has 1 aromatic carbocycles. The molecule has 1 aromatic rings. The van der Waals surface area contributed by atoms with E-state index in [1.807, 2.05) is 0 Å². The predicted octanol–water partition coefficient (Wildman–Crippen LogP) is 4.20. The van der Waals surface area contributed by atoms with E-state index in [0.29, 0.717) is 0 Å². The molecule has 0 unspecified atom stereocenters. The first kappa shape index (κ1) is 11.5. The lowest BCUT2D eigenvalue weighted by Gasteiger charge is -2.23. The summed E-state index contributed by atoms with van der Waals surface area (Å²) in [6.45, 7) is 7.94. The van der Waals surface area contributed by atoms with Gasteiger partial charge in [0.25, 0.3) is 0 Å². The predicted molar refractivity (Wildman–Crippen MR) is 71.0 cm³/mol. The van der Waals surface area contributed by atoms with Crippen molar-refractivity contribution in [3.63, 3.8) is 0 Å². The van der Waals surface area contributed by atoms with Crippen LogP contribution in [0, 0.1) is 5.92 Å². The van der Waals surface area contributed by atoms with E-state index in [1.165, 1.54) is 30.5 Å². The average Bonchev–Trinajstić information content (AvgIpc) is 3.01. The molecule has 2 rings (SSSR count). The van der Waals surface area contributed by atoms with Crippen molar-refractivity contribution < 1.29 is 0 Å². The Morgan fingerprint density at radius 3 is 2.50 bits per heavy atom. The molecule has 0 amide bonds. The zero-order chi connectivity index (χ0) is 11.6. The highest BCUT2D eigenvalue weighted by molar-refractivity contribution is 5.54. The molecule has 0 bridgehead atoms. The van der Waals surface area contributed by atoms with E-state index in [9.17, 15) is 0 Å². The number of rotatable bonds is 4. The molecule has 1 fully saturated rings. The van der Waals surface area contributed by atoms with Crippen LogP contribution >= 0.6 is 0 Å². The minimum absolute atomic E-state index is 0.225. The van der Waals surface area contributed by atoms with Crippen molar-refractivity contribution in [2.45, 2.75) is 45.4 Å². The molecule has 88 valence electrons. The van der Waals surface area contributed by atoms with Gasteiger partial charge in [-0.15, -0.1) is 0 Å². The van der Waals surface area contributed by atoms with Crippen LogP contribution in [-0.2, 0) is 5.41 Å². The van der Waals surface area contributed by atoms with Crippen LogP contribution in [0.15, 0.2) is 24.3 Å².